The van der Waals surface area contributed by atoms with Crippen LogP contribution in [-0.2, 0) is 9.53 Å². The number of ketones is 1. The van der Waals surface area contributed by atoms with Crippen LogP contribution in [0.15, 0.2) is 0 Å². The number of nitrogens with two attached hydrogens (primary N) is 1. The van der Waals surface area contributed by atoms with E-state index >= 15 is 0 Å². The van der Waals surface area contributed by atoms with Crippen molar-refractivity contribution in [3.05, 3.63) is 0 Å². The second-order valence-electron chi connectivity index (χ2n) is 4.11. The van der Waals surface area contributed by atoms with Gasteiger partial charge in [-0.1, -0.05) is 13.8 Å². The Morgan fingerprint density at radius 3 is 2.50 bits per heavy atom. The Kier molecular flexibility index (Phi) is 2.54. The van der Waals surface area contributed by atoms with Crippen LogP contribution >= 0.6 is 0 Å². The molecule has 3 nitrogen and oxygen atoms in total. The Bertz CT molecular complexity index is 185. The van der Waals surface area contributed by atoms with Crippen LogP contribution in [0, 0.1) is 5.92 Å². The number of hydrogen-bond acceptors (Lipinski definition) is 3. The zero-order chi connectivity index (χ0) is 9.35. The molecule has 2 N–H and O–H groups in total. The van der Waals surface area contributed by atoms with Gasteiger partial charge >= 0.3 is 0 Å². The van der Waals surface area contributed by atoms with Crippen LogP contribution in [0.25, 0.3) is 0 Å². The number of ether oxygens (including phenoxy) is 1. The van der Waals surface area contributed by atoms with Gasteiger partial charge in [-0.2, -0.15) is 0 Å². The standard InChI is InChI=1S/C9H17NO2/c1-6(2)8(11)7(10)4-9(3)5-12-9/h6-7H,4-5,10H2,1-3H3/t7-,9+/m0/s1. The summed E-state index contributed by atoms with van der Waals surface area (Å²) in [5, 5.41) is 0. The van der Waals surface area contributed by atoms with Gasteiger partial charge in [-0.05, 0) is 6.92 Å². The first-order chi connectivity index (χ1) is 5.44. The topological polar surface area (TPSA) is 55.6 Å². The highest BCUT2D eigenvalue weighted by molar-refractivity contribution is 5.85. The lowest BCUT2D eigenvalue weighted by Crippen LogP contribution is -2.37. The predicted octanol–water partition coefficient (Wildman–Crippen LogP) is 0.718. The maximum atomic E-state index is 11.4. The first-order valence-electron chi connectivity index (χ1n) is 4.38. The summed E-state index contributed by atoms with van der Waals surface area (Å²) in [6.07, 6.45) is 0.657. The molecular weight excluding hydrogens is 154 g/mol. The van der Waals surface area contributed by atoms with Gasteiger partial charge in [-0.25, -0.2) is 0 Å². The second kappa shape index (κ2) is 3.15. The number of carbonyl (C=O) groups is 1. The van der Waals surface area contributed by atoms with E-state index in [0.717, 1.165) is 6.61 Å². The van der Waals surface area contributed by atoms with Crippen molar-refractivity contribution in [2.45, 2.75) is 38.8 Å². The van der Waals surface area contributed by atoms with Crippen molar-refractivity contribution >= 4 is 5.78 Å². The van der Waals surface area contributed by atoms with Crippen LogP contribution in [0.1, 0.15) is 27.2 Å². The monoisotopic (exact) mass is 171 g/mol. The molecule has 0 amide bonds. The largest absolute Gasteiger partial charge is 0.370 e. The van der Waals surface area contributed by atoms with Gasteiger partial charge in [0.2, 0.25) is 0 Å². The van der Waals surface area contributed by atoms with E-state index < -0.39 is 0 Å². The molecule has 70 valence electrons. The van der Waals surface area contributed by atoms with Crippen molar-refractivity contribution in [2.24, 2.45) is 11.7 Å². The third-order valence-corrected chi connectivity index (χ3v) is 2.22. The van der Waals surface area contributed by atoms with E-state index in [1.54, 1.807) is 0 Å². The first-order valence-corrected chi connectivity index (χ1v) is 4.38. The van der Waals surface area contributed by atoms with Gasteiger partial charge in [0.15, 0.2) is 5.78 Å². The summed E-state index contributed by atoms with van der Waals surface area (Å²) < 4.78 is 5.16. The van der Waals surface area contributed by atoms with Gasteiger partial charge in [-0.3, -0.25) is 4.79 Å². The van der Waals surface area contributed by atoms with E-state index in [0.29, 0.717) is 6.42 Å². The number of carbonyl (C=O) groups excluding carboxylic acids is 1. The third-order valence-electron chi connectivity index (χ3n) is 2.22. The minimum atomic E-state index is -0.350. The molecule has 0 aromatic heterocycles. The zero-order valence-electron chi connectivity index (χ0n) is 7.96. The summed E-state index contributed by atoms with van der Waals surface area (Å²) in [7, 11) is 0. The van der Waals surface area contributed by atoms with E-state index in [1.165, 1.54) is 0 Å². The Morgan fingerprint density at radius 1 is 1.67 bits per heavy atom. The summed E-state index contributed by atoms with van der Waals surface area (Å²) in [6.45, 7) is 6.48. The smallest absolute Gasteiger partial charge is 0.152 e. The van der Waals surface area contributed by atoms with Gasteiger partial charge in [0.1, 0.15) is 0 Å². The molecule has 3 heteroatoms. The number of hydrogen-bond donors (Lipinski definition) is 1. The molecule has 1 aliphatic heterocycles. The van der Waals surface area contributed by atoms with Gasteiger partial charge in [-0.15, -0.1) is 0 Å². The molecule has 0 saturated carbocycles. The lowest BCUT2D eigenvalue weighted by Gasteiger charge is -2.14. The molecule has 1 aliphatic rings. The van der Waals surface area contributed by atoms with Gasteiger partial charge in [0.25, 0.3) is 0 Å². The Balaban J connectivity index is 2.37. The van der Waals surface area contributed by atoms with Crippen molar-refractivity contribution < 1.29 is 9.53 Å². The van der Waals surface area contributed by atoms with Crippen LogP contribution in [0.3, 0.4) is 0 Å². The number of epoxide rings is 1. The summed E-state index contributed by atoms with van der Waals surface area (Å²) in [4.78, 5) is 11.4. The maximum absolute atomic E-state index is 11.4. The van der Waals surface area contributed by atoms with Crippen LogP contribution in [0.5, 0.6) is 0 Å². The molecule has 0 aromatic carbocycles. The molecule has 1 saturated heterocycles. The lowest BCUT2D eigenvalue weighted by molar-refractivity contribution is -0.123. The fourth-order valence-electron chi connectivity index (χ4n) is 1.23. The summed E-state index contributed by atoms with van der Waals surface area (Å²) in [5.41, 5.74) is 5.61. The van der Waals surface area contributed by atoms with Crippen molar-refractivity contribution in [1.29, 1.82) is 0 Å². The number of rotatable bonds is 4. The normalized spacial score (nSPS) is 30.4. The van der Waals surface area contributed by atoms with Crippen LogP contribution in [0.4, 0.5) is 0 Å². The molecule has 0 radical (unpaired) electrons. The molecule has 0 unspecified atom stereocenters. The Morgan fingerprint density at radius 2 is 2.17 bits per heavy atom. The highest BCUT2D eigenvalue weighted by Gasteiger charge is 2.41. The average Bonchev–Trinajstić information content (AvgIpc) is 2.66. The molecule has 0 bridgehead atoms. The molecule has 0 aromatic rings. The fraction of sp³-hybridized carbons (Fsp3) is 0.889. The Hall–Kier alpha value is -0.410. The van der Waals surface area contributed by atoms with Crippen molar-refractivity contribution in [3.63, 3.8) is 0 Å². The highest BCUT2D eigenvalue weighted by atomic mass is 16.6. The summed E-state index contributed by atoms with van der Waals surface area (Å²) in [5.74, 6) is 0.161. The second-order valence-corrected chi connectivity index (χ2v) is 4.11. The van der Waals surface area contributed by atoms with Crippen LogP contribution < -0.4 is 5.73 Å². The molecular formula is C9H17NO2. The van der Waals surface area contributed by atoms with Crippen molar-refractivity contribution in [3.8, 4) is 0 Å². The summed E-state index contributed by atoms with van der Waals surface area (Å²) >= 11 is 0. The van der Waals surface area contributed by atoms with Crippen LogP contribution in [-0.4, -0.2) is 24.0 Å². The van der Waals surface area contributed by atoms with Crippen molar-refractivity contribution in [2.75, 3.05) is 6.61 Å². The molecule has 1 rings (SSSR count). The third kappa shape index (κ3) is 2.29. The SMILES string of the molecule is CC(C)C(=O)[C@@H](N)C[C@]1(C)CO1. The van der Waals surface area contributed by atoms with Gasteiger partial charge < -0.3 is 10.5 Å². The van der Waals surface area contributed by atoms with Crippen LogP contribution in [0.2, 0.25) is 0 Å². The molecule has 0 aliphatic carbocycles. The highest BCUT2D eigenvalue weighted by Crippen LogP contribution is 2.31. The minimum Gasteiger partial charge on any atom is -0.370 e. The van der Waals surface area contributed by atoms with E-state index in [1.807, 2.05) is 20.8 Å². The average molecular weight is 171 g/mol. The molecule has 1 heterocycles. The molecule has 12 heavy (non-hydrogen) atoms. The number of Topliss-reactive ketones (excluding diaryl/α,β-unsaturated/α-hetero) is 1. The quantitative estimate of drug-likeness (QED) is 0.634. The fourth-order valence-corrected chi connectivity index (χ4v) is 1.23. The minimum absolute atomic E-state index is 0.0300. The van der Waals surface area contributed by atoms with E-state index in [2.05, 4.69) is 0 Å². The molecule has 2 atom stereocenters. The maximum Gasteiger partial charge on any atom is 0.152 e. The van der Waals surface area contributed by atoms with Gasteiger partial charge in [0, 0.05) is 12.3 Å². The van der Waals surface area contributed by atoms with E-state index in [-0.39, 0.29) is 23.3 Å². The first kappa shape index (κ1) is 9.68. The molecule has 0 spiro atoms. The Labute approximate surface area is 73.3 Å². The van der Waals surface area contributed by atoms with Crippen molar-refractivity contribution in [1.82, 2.24) is 0 Å². The summed E-state index contributed by atoms with van der Waals surface area (Å²) in [6, 6.07) is -0.350. The van der Waals surface area contributed by atoms with E-state index in [9.17, 15) is 4.79 Å². The van der Waals surface area contributed by atoms with E-state index in [4.69, 9.17) is 10.5 Å². The van der Waals surface area contributed by atoms with Gasteiger partial charge in [0.05, 0.1) is 18.2 Å². The molecule has 1 fully saturated rings. The predicted molar refractivity (Wildman–Crippen MR) is 46.8 cm³/mol. The zero-order valence-corrected chi connectivity index (χ0v) is 7.96. The lowest BCUT2D eigenvalue weighted by atomic mass is 9.94.